The van der Waals surface area contributed by atoms with Crippen LogP contribution in [0, 0.1) is 5.92 Å². The smallest absolute Gasteiger partial charge is 0.190 e. The predicted molar refractivity (Wildman–Crippen MR) is 90.1 cm³/mol. The van der Waals surface area contributed by atoms with E-state index < -0.39 is 0 Å². The Balaban J connectivity index is 2.39. The summed E-state index contributed by atoms with van der Waals surface area (Å²) in [5.41, 5.74) is 1.21. The number of hydrogen-bond acceptors (Lipinski definition) is 2. The maximum Gasteiger partial charge on any atom is 0.190 e. The molecular formula is C17H29N3O. The molecule has 0 bridgehead atoms. The molecule has 0 aliphatic carbocycles. The highest BCUT2D eigenvalue weighted by Crippen LogP contribution is 2.17. The van der Waals surface area contributed by atoms with Crippen molar-refractivity contribution in [2.45, 2.75) is 33.1 Å². The van der Waals surface area contributed by atoms with Gasteiger partial charge < -0.3 is 15.4 Å². The molecule has 0 spiro atoms. The molecule has 1 aromatic carbocycles. The Morgan fingerprint density at radius 2 is 1.90 bits per heavy atom. The summed E-state index contributed by atoms with van der Waals surface area (Å²) in [6.45, 7) is 6.27. The highest BCUT2D eigenvalue weighted by molar-refractivity contribution is 5.79. The minimum Gasteiger partial charge on any atom is -0.496 e. The number of methoxy groups -OCH3 is 1. The van der Waals surface area contributed by atoms with Crippen molar-refractivity contribution in [2.75, 3.05) is 27.2 Å². The average molecular weight is 291 g/mol. The van der Waals surface area contributed by atoms with Crippen molar-refractivity contribution in [3.8, 4) is 5.75 Å². The molecule has 0 saturated carbocycles. The molecule has 0 heterocycles. The first-order chi connectivity index (χ1) is 10.2. The zero-order chi connectivity index (χ0) is 15.5. The zero-order valence-corrected chi connectivity index (χ0v) is 13.8. The molecule has 0 saturated heterocycles. The Labute approximate surface area is 129 Å². The van der Waals surface area contributed by atoms with Gasteiger partial charge in [-0.15, -0.1) is 0 Å². The lowest BCUT2D eigenvalue weighted by atomic mass is 10.0. The van der Waals surface area contributed by atoms with E-state index in [1.165, 1.54) is 18.4 Å². The van der Waals surface area contributed by atoms with E-state index in [9.17, 15) is 0 Å². The third kappa shape index (κ3) is 6.06. The van der Waals surface area contributed by atoms with Crippen LogP contribution in [0.2, 0.25) is 0 Å². The number of nitrogens with one attached hydrogen (secondary N) is 2. The molecule has 21 heavy (non-hydrogen) atoms. The first-order valence-corrected chi connectivity index (χ1v) is 7.81. The van der Waals surface area contributed by atoms with Crippen LogP contribution in [0.25, 0.3) is 0 Å². The monoisotopic (exact) mass is 291 g/mol. The van der Waals surface area contributed by atoms with Gasteiger partial charge in [-0.05, 0) is 24.0 Å². The SMILES string of the molecule is CCC(CC)CNC(=NC)NCCc1ccccc1OC. The van der Waals surface area contributed by atoms with E-state index in [0.717, 1.165) is 31.2 Å². The topological polar surface area (TPSA) is 45.7 Å². The number of ether oxygens (including phenoxy) is 1. The fourth-order valence-electron chi connectivity index (χ4n) is 2.26. The van der Waals surface area contributed by atoms with Gasteiger partial charge in [0, 0.05) is 20.1 Å². The van der Waals surface area contributed by atoms with Crippen LogP contribution in [0.3, 0.4) is 0 Å². The molecule has 1 aromatic rings. The van der Waals surface area contributed by atoms with Gasteiger partial charge in [-0.25, -0.2) is 0 Å². The Bertz CT molecular complexity index is 428. The lowest BCUT2D eigenvalue weighted by Gasteiger charge is -2.17. The summed E-state index contributed by atoms with van der Waals surface area (Å²) >= 11 is 0. The summed E-state index contributed by atoms with van der Waals surface area (Å²) in [4.78, 5) is 4.27. The predicted octanol–water partition coefficient (Wildman–Crippen LogP) is 2.84. The van der Waals surface area contributed by atoms with Crippen molar-refractivity contribution >= 4 is 5.96 Å². The van der Waals surface area contributed by atoms with E-state index in [1.54, 1.807) is 7.11 Å². The van der Waals surface area contributed by atoms with Gasteiger partial charge >= 0.3 is 0 Å². The van der Waals surface area contributed by atoms with Crippen molar-refractivity contribution in [2.24, 2.45) is 10.9 Å². The van der Waals surface area contributed by atoms with Crippen molar-refractivity contribution in [1.29, 1.82) is 0 Å². The summed E-state index contributed by atoms with van der Waals surface area (Å²) < 4.78 is 5.36. The Morgan fingerprint density at radius 1 is 1.19 bits per heavy atom. The van der Waals surface area contributed by atoms with Gasteiger partial charge in [0.2, 0.25) is 0 Å². The van der Waals surface area contributed by atoms with E-state index in [1.807, 2.05) is 25.2 Å². The Hall–Kier alpha value is -1.71. The number of benzene rings is 1. The van der Waals surface area contributed by atoms with Gasteiger partial charge in [-0.1, -0.05) is 44.9 Å². The van der Waals surface area contributed by atoms with Crippen LogP contribution in [-0.2, 0) is 6.42 Å². The van der Waals surface area contributed by atoms with Crippen LogP contribution in [0.15, 0.2) is 29.3 Å². The van der Waals surface area contributed by atoms with Gasteiger partial charge in [-0.2, -0.15) is 0 Å². The van der Waals surface area contributed by atoms with Gasteiger partial charge in [0.15, 0.2) is 5.96 Å². The minimum absolute atomic E-state index is 0.706. The molecule has 2 N–H and O–H groups in total. The van der Waals surface area contributed by atoms with Gasteiger partial charge in [0.1, 0.15) is 5.75 Å². The summed E-state index contributed by atoms with van der Waals surface area (Å²) in [5.74, 6) is 2.52. The Kier molecular flexibility index (Phi) is 8.32. The van der Waals surface area contributed by atoms with Crippen molar-refractivity contribution in [3.05, 3.63) is 29.8 Å². The van der Waals surface area contributed by atoms with Gasteiger partial charge in [-0.3, -0.25) is 4.99 Å². The fraction of sp³-hybridized carbons (Fsp3) is 0.588. The molecular weight excluding hydrogens is 262 g/mol. The molecule has 1 rings (SSSR count). The molecule has 118 valence electrons. The van der Waals surface area contributed by atoms with Gasteiger partial charge in [0.05, 0.1) is 7.11 Å². The zero-order valence-electron chi connectivity index (χ0n) is 13.8. The first kappa shape index (κ1) is 17.3. The van der Waals surface area contributed by atoms with Crippen LogP contribution in [0.4, 0.5) is 0 Å². The second kappa shape index (κ2) is 10.1. The number of nitrogens with zero attached hydrogens (tertiary/aromatic N) is 1. The molecule has 0 aliphatic heterocycles. The third-order valence-corrected chi connectivity index (χ3v) is 3.82. The minimum atomic E-state index is 0.706. The maximum absolute atomic E-state index is 5.36. The second-order valence-corrected chi connectivity index (χ2v) is 5.12. The molecule has 0 unspecified atom stereocenters. The molecule has 4 heteroatoms. The fourth-order valence-corrected chi connectivity index (χ4v) is 2.26. The van der Waals surface area contributed by atoms with Crippen LogP contribution in [0.5, 0.6) is 5.75 Å². The molecule has 0 fully saturated rings. The van der Waals surface area contributed by atoms with Gasteiger partial charge in [0.25, 0.3) is 0 Å². The number of para-hydroxylation sites is 1. The van der Waals surface area contributed by atoms with E-state index in [4.69, 9.17) is 4.74 Å². The Morgan fingerprint density at radius 3 is 2.52 bits per heavy atom. The molecule has 0 radical (unpaired) electrons. The standard InChI is InChI=1S/C17H29N3O/c1-5-14(6-2)13-20-17(18-3)19-12-11-15-9-7-8-10-16(15)21-4/h7-10,14H,5-6,11-13H2,1-4H3,(H2,18,19,20). The van der Waals surface area contributed by atoms with E-state index in [2.05, 4.69) is 35.5 Å². The lowest BCUT2D eigenvalue weighted by molar-refractivity contribution is 0.409. The van der Waals surface area contributed by atoms with E-state index in [-0.39, 0.29) is 0 Å². The highest BCUT2D eigenvalue weighted by atomic mass is 16.5. The van der Waals surface area contributed by atoms with E-state index >= 15 is 0 Å². The largest absolute Gasteiger partial charge is 0.496 e. The third-order valence-electron chi connectivity index (χ3n) is 3.82. The lowest BCUT2D eigenvalue weighted by Crippen LogP contribution is -2.40. The molecule has 0 amide bonds. The summed E-state index contributed by atoms with van der Waals surface area (Å²) in [6, 6.07) is 8.13. The summed E-state index contributed by atoms with van der Waals surface area (Å²) in [7, 11) is 3.52. The normalized spacial score (nSPS) is 11.6. The molecule has 4 nitrogen and oxygen atoms in total. The number of aliphatic imine (C=N–C) groups is 1. The highest BCUT2D eigenvalue weighted by Gasteiger charge is 2.05. The van der Waals surface area contributed by atoms with Crippen molar-refractivity contribution < 1.29 is 4.74 Å². The summed E-state index contributed by atoms with van der Waals surface area (Å²) in [5, 5.41) is 6.75. The van der Waals surface area contributed by atoms with Crippen molar-refractivity contribution in [3.63, 3.8) is 0 Å². The van der Waals surface area contributed by atoms with Crippen molar-refractivity contribution in [1.82, 2.24) is 10.6 Å². The molecule has 0 aromatic heterocycles. The van der Waals surface area contributed by atoms with Crippen LogP contribution in [0.1, 0.15) is 32.3 Å². The van der Waals surface area contributed by atoms with Crippen LogP contribution in [-0.4, -0.2) is 33.2 Å². The molecule has 0 atom stereocenters. The first-order valence-electron chi connectivity index (χ1n) is 7.81. The molecule has 0 aliphatic rings. The number of rotatable bonds is 8. The average Bonchev–Trinajstić information content (AvgIpc) is 2.54. The maximum atomic E-state index is 5.36. The summed E-state index contributed by atoms with van der Waals surface area (Å²) in [6.07, 6.45) is 3.30. The number of guanidine groups is 1. The quantitative estimate of drug-likeness (QED) is 0.572. The number of hydrogen-bond donors (Lipinski definition) is 2. The van der Waals surface area contributed by atoms with E-state index in [0.29, 0.717) is 5.92 Å². The second-order valence-electron chi connectivity index (χ2n) is 5.12. The van der Waals surface area contributed by atoms with Crippen LogP contribution < -0.4 is 15.4 Å². The van der Waals surface area contributed by atoms with Crippen LogP contribution >= 0.6 is 0 Å².